The summed E-state index contributed by atoms with van der Waals surface area (Å²) in [7, 11) is -5.65. The molecular formula is C51H69F4N5O18S. The van der Waals surface area contributed by atoms with E-state index in [2.05, 4.69) is 20.0 Å². The lowest BCUT2D eigenvalue weighted by Gasteiger charge is -2.21. The number of fused-ring (bicyclic) bond motifs is 1. The van der Waals surface area contributed by atoms with Crippen molar-refractivity contribution in [3.8, 4) is 16.9 Å². The molecule has 2 heterocycles. The maximum absolute atomic E-state index is 14.0. The van der Waals surface area contributed by atoms with E-state index < -0.39 is 56.4 Å². The molecule has 0 saturated carbocycles. The van der Waals surface area contributed by atoms with Gasteiger partial charge in [-0.1, -0.05) is 25.1 Å². The zero-order valence-corrected chi connectivity index (χ0v) is 45.0. The molecule has 1 aliphatic heterocycles. The van der Waals surface area contributed by atoms with Crippen LogP contribution in [0.3, 0.4) is 0 Å². The summed E-state index contributed by atoms with van der Waals surface area (Å²) in [4.78, 5) is 49.9. The number of halogens is 4. The molecule has 440 valence electrons. The minimum absolute atomic E-state index is 0.0162. The van der Waals surface area contributed by atoms with Gasteiger partial charge in [0.2, 0.25) is 17.4 Å². The molecule has 0 bridgehead atoms. The van der Waals surface area contributed by atoms with E-state index in [-0.39, 0.29) is 57.0 Å². The van der Waals surface area contributed by atoms with Gasteiger partial charge in [0, 0.05) is 42.4 Å². The fourth-order valence-electron chi connectivity index (χ4n) is 6.79. The largest absolute Gasteiger partial charge is 0.420 e. The maximum Gasteiger partial charge on any atom is 0.313 e. The van der Waals surface area contributed by atoms with Gasteiger partial charge in [-0.3, -0.25) is 28.8 Å². The van der Waals surface area contributed by atoms with Crippen LogP contribution >= 0.6 is 0 Å². The molecule has 23 nitrogen and oxygen atoms in total. The second-order valence-corrected chi connectivity index (χ2v) is 17.8. The second kappa shape index (κ2) is 37.4. The number of hydroxylamine groups is 2. The maximum atomic E-state index is 14.0. The summed E-state index contributed by atoms with van der Waals surface area (Å²) in [6.45, 7) is 10.8. The number of hydrogen-bond acceptors (Lipinski definition) is 20. The Morgan fingerprint density at radius 2 is 1.13 bits per heavy atom. The number of esters is 1. The molecule has 0 unspecified atom stereocenters. The molecule has 0 atom stereocenters. The zero-order chi connectivity index (χ0) is 57.3. The van der Waals surface area contributed by atoms with Crippen LogP contribution in [0.1, 0.15) is 49.2 Å². The van der Waals surface area contributed by atoms with Crippen molar-refractivity contribution in [1.29, 1.82) is 0 Å². The Labute approximate surface area is 455 Å². The molecule has 0 spiro atoms. The summed E-state index contributed by atoms with van der Waals surface area (Å²) in [6, 6.07) is 9.10. The predicted molar refractivity (Wildman–Crippen MR) is 274 cm³/mol. The van der Waals surface area contributed by atoms with Gasteiger partial charge >= 0.3 is 16.1 Å². The van der Waals surface area contributed by atoms with Crippen LogP contribution < -0.4 is 15.8 Å². The van der Waals surface area contributed by atoms with Gasteiger partial charge in [-0.05, 0) is 37.1 Å². The van der Waals surface area contributed by atoms with Gasteiger partial charge in [-0.25, -0.2) is 18.8 Å². The van der Waals surface area contributed by atoms with Gasteiger partial charge in [0.1, 0.15) is 11.5 Å². The van der Waals surface area contributed by atoms with Crippen LogP contribution in [0.2, 0.25) is 0 Å². The number of hydrogen-bond donors (Lipinski definition) is 3. The van der Waals surface area contributed by atoms with Crippen molar-refractivity contribution in [3.05, 3.63) is 76.6 Å². The third kappa shape index (κ3) is 24.3. The van der Waals surface area contributed by atoms with E-state index in [1.54, 1.807) is 24.4 Å². The summed E-state index contributed by atoms with van der Waals surface area (Å²) in [6.07, 6.45) is 3.78. The molecule has 28 heteroatoms. The predicted octanol–water partition coefficient (Wildman–Crippen LogP) is 4.41. The fraction of sp³-hybridized carbons (Fsp3) is 0.549. The smallest absolute Gasteiger partial charge is 0.313 e. The topological polar surface area (TPSA) is 283 Å². The first kappa shape index (κ1) is 65.9. The molecule has 2 amide bonds. The average molecular weight is 1150 g/mol. The first-order valence-corrected chi connectivity index (χ1v) is 26.8. The molecule has 1 aliphatic rings. The Balaban J connectivity index is 0.863. The Kier molecular flexibility index (Phi) is 31.2. The minimum atomic E-state index is -5.65. The summed E-state index contributed by atoms with van der Waals surface area (Å²) in [5, 5.41) is 4.16. The van der Waals surface area contributed by atoms with Crippen molar-refractivity contribution in [2.45, 2.75) is 38.0 Å². The number of ether oxygens (including phenoxy) is 11. The Morgan fingerprint density at radius 1 is 0.658 bits per heavy atom. The SMILES string of the molecule is CCCN(OCC)C(=O)C1=Cc2ccc(-c3ccc(C(=O)NCCOCCOCCOCCOCCOCCOCCOCCOCCOCCOCCC(=O)Oc4c(F)c(F)c(S(=O)(=O)O)c(F)c4F)nc3)cc2N=C(N)C1. The molecular weight excluding hydrogens is 1080 g/mol. The van der Waals surface area contributed by atoms with E-state index >= 15 is 0 Å². The number of benzene rings is 2. The summed E-state index contributed by atoms with van der Waals surface area (Å²) < 4.78 is 145. The number of nitrogens with one attached hydrogen (secondary N) is 1. The number of carbonyl (C=O) groups excluding carboxylic acids is 3. The molecule has 4 N–H and O–H groups in total. The van der Waals surface area contributed by atoms with Crippen LogP contribution in [0.5, 0.6) is 5.75 Å². The fourth-order valence-corrected chi connectivity index (χ4v) is 7.42. The van der Waals surface area contributed by atoms with E-state index in [9.17, 15) is 40.4 Å². The van der Waals surface area contributed by atoms with Gasteiger partial charge in [-0.2, -0.15) is 17.2 Å². The monoisotopic (exact) mass is 1150 g/mol. The summed E-state index contributed by atoms with van der Waals surface area (Å²) in [5.74, 6) is -12.9. The van der Waals surface area contributed by atoms with Crippen LogP contribution in [-0.4, -0.2) is 198 Å². The number of rotatable bonds is 42. The van der Waals surface area contributed by atoms with Gasteiger partial charge < -0.3 is 63.2 Å². The highest BCUT2D eigenvalue weighted by Gasteiger charge is 2.34. The van der Waals surface area contributed by atoms with Crippen molar-refractivity contribution < 1.29 is 102 Å². The molecule has 0 fully saturated rings. The average Bonchev–Trinajstić information content (AvgIpc) is 3.63. The minimum Gasteiger partial charge on any atom is -0.420 e. The first-order valence-electron chi connectivity index (χ1n) is 25.3. The molecule has 3 aromatic rings. The van der Waals surface area contributed by atoms with Crippen molar-refractivity contribution in [2.24, 2.45) is 10.7 Å². The quantitative estimate of drug-likeness (QED) is 0.0135. The lowest BCUT2D eigenvalue weighted by molar-refractivity contribution is -0.180. The zero-order valence-electron chi connectivity index (χ0n) is 44.2. The van der Waals surface area contributed by atoms with Crippen LogP contribution in [0, 0.1) is 23.3 Å². The molecule has 79 heavy (non-hydrogen) atoms. The number of pyridine rings is 1. The molecule has 0 radical (unpaired) electrons. The van der Waals surface area contributed by atoms with Gasteiger partial charge in [0.05, 0.1) is 151 Å². The van der Waals surface area contributed by atoms with E-state index in [1.165, 1.54) is 5.06 Å². The Hall–Kier alpha value is -5.60. The van der Waals surface area contributed by atoms with Gasteiger partial charge in [0.25, 0.3) is 11.8 Å². The number of nitrogens with two attached hydrogens (primary N) is 1. The number of carbonyl (C=O) groups is 3. The van der Waals surface area contributed by atoms with Gasteiger partial charge in [0.15, 0.2) is 16.5 Å². The Morgan fingerprint density at radius 3 is 1.57 bits per heavy atom. The summed E-state index contributed by atoms with van der Waals surface area (Å²) >= 11 is 0. The van der Waals surface area contributed by atoms with Crippen LogP contribution in [0.15, 0.2) is 52.0 Å². The highest BCUT2D eigenvalue weighted by atomic mass is 32.2. The van der Waals surface area contributed by atoms with E-state index in [4.69, 9.17) is 62.5 Å². The summed E-state index contributed by atoms with van der Waals surface area (Å²) in [5.41, 5.74) is 9.95. The standard InChI is InChI=1S/C51H69F4N5O18S/c1-3-11-60(77-4-2)51(63)39-32-37-6-5-36(33-41(37)59-42(56)34-39)38-7-8-40(58-35-38)50(62)57-10-13-68-15-17-70-19-21-72-23-25-74-27-29-76-31-30-75-28-26-73-24-22-71-20-18-69-16-14-67-12-9-43(61)78-48-44(52)46(54)49(79(64,65)66)47(55)45(48)53/h5-8,32-33,35H,3-4,9-31,34H2,1-2H3,(H2,56,59)(H,57,62)(H,64,65,66). The number of aromatic nitrogens is 1. The van der Waals surface area contributed by atoms with Crippen molar-refractivity contribution in [1.82, 2.24) is 15.4 Å². The normalized spacial score (nSPS) is 12.4. The number of nitrogens with zero attached hydrogens (tertiary/aromatic N) is 3. The van der Waals surface area contributed by atoms with E-state index in [0.717, 1.165) is 23.1 Å². The van der Waals surface area contributed by atoms with E-state index in [1.807, 2.05) is 32.0 Å². The third-order valence-electron chi connectivity index (χ3n) is 10.5. The molecule has 2 aromatic carbocycles. The van der Waals surface area contributed by atoms with Crippen molar-refractivity contribution >= 4 is 45.5 Å². The van der Waals surface area contributed by atoms with Crippen molar-refractivity contribution in [3.63, 3.8) is 0 Å². The second-order valence-electron chi connectivity index (χ2n) is 16.5. The lowest BCUT2D eigenvalue weighted by atomic mass is 10.0. The molecule has 1 aromatic heterocycles. The van der Waals surface area contributed by atoms with Crippen LogP contribution in [0.25, 0.3) is 17.2 Å². The number of amides is 2. The number of aliphatic imine (C=N–C) groups is 1. The van der Waals surface area contributed by atoms with E-state index in [0.29, 0.717) is 136 Å². The third-order valence-corrected chi connectivity index (χ3v) is 11.4. The Bertz CT molecular complexity index is 2500. The van der Waals surface area contributed by atoms with Crippen LogP contribution in [0.4, 0.5) is 23.2 Å². The molecule has 0 saturated heterocycles. The molecule has 0 aliphatic carbocycles. The van der Waals surface area contributed by atoms with Crippen molar-refractivity contribution in [2.75, 3.05) is 152 Å². The highest BCUT2D eigenvalue weighted by Crippen LogP contribution is 2.34. The highest BCUT2D eigenvalue weighted by molar-refractivity contribution is 7.85. The molecule has 4 rings (SSSR count). The van der Waals surface area contributed by atoms with Gasteiger partial charge in [-0.15, -0.1) is 0 Å². The lowest BCUT2D eigenvalue weighted by Crippen LogP contribution is -2.34. The first-order chi connectivity index (χ1) is 38.2. The number of amidine groups is 1. The van der Waals surface area contributed by atoms with Crippen LogP contribution in [-0.2, 0) is 71.9 Å².